The van der Waals surface area contributed by atoms with Gasteiger partial charge in [-0.25, -0.2) is 4.79 Å². The van der Waals surface area contributed by atoms with Crippen LogP contribution in [0.3, 0.4) is 0 Å². The third-order valence-electron chi connectivity index (χ3n) is 9.42. The number of unbranched alkanes of at least 4 members (excludes halogenated alkanes) is 27. The molecule has 0 atom stereocenters. The van der Waals surface area contributed by atoms with Crippen LogP contribution in [0, 0.1) is 0 Å². The van der Waals surface area contributed by atoms with Crippen molar-refractivity contribution in [1.29, 1.82) is 0 Å². The highest BCUT2D eigenvalue weighted by Gasteiger charge is 2.28. The molecule has 0 aliphatic carbocycles. The Kier molecular flexibility index (Phi) is 31.8. The van der Waals surface area contributed by atoms with Crippen molar-refractivity contribution in [2.75, 3.05) is 6.61 Å². The summed E-state index contributed by atoms with van der Waals surface area (Å²) in [6.07, 6.45) is 37.5. The van der Waals surface area contributed by atoms with Crippen LogP contribution in [0.25, 0.3) is 0 Å². The van der Waals surface area contributed by atoms with Crippen molar-refractivity contribution in [3.63, 3.8) is 0 Å². The van der Waals surface area contributed by atoms with E-state index in [1.807, 2.05) is 0 Å². The molecule has 272 valence electrons. The van der Waals surface area contributed by atoms with Gasteiger partial charge in [-0.15, -0.1) is 0 Å². The summed E-state index contributed by atoms with van der Waals surface area (Å²) in [4.78, 5) is 34.0. The van der Waals surface area contributed by atoms with Gasteiger partial charge in [-0.1, -0.05) is 180 Å². The summed E-state index contributed by atoms with van der Waals surface area (Å²) < 4.78 is 5.27. The molecule has 0 fully saturated rings. The van der Waals surface area contributed by atoms with Gasteiger partial charge in [-0.05, 0) is 26.2 Å². The number of ether oxygens (including phenoxy) is 1. The van der Waals surface area contributed by atoms with Crippen LogP contribution in [0.15, 0.2) is 0 Å². The van der Waals surface area contributed by atoms with Crippen molar-refractivity contribution in [3.8, 4) is 0 Å². The summed E-state index contributed by atoms with van der Waals surface area (Å²) in [5.41, 5.74) is -0.917. The molecule has 3 N–H and O–H groups in total. The highest BCUT2D eigenvalue weighted by Crippen LogP contribution is 2.20. The summed E-state index contributed by atoms with van der Waals surface area (Å²) >= 11 is 0. The number of alkyl carbamates (subject to hydrolysis) is 1. The lowest BCUT2D eigenvalue weighted by Gasteiger charge is -2.29. The van der Waals surface area contributed by atoms with Gasteiger partial charge in [0.25, 0.3) is 0 Å². The lowest BCUT2D eigenvalue weighted by molar-refractivity contribution is -0.137. The molecular formula is C39H75NO6. The molecule has 0 saturated heterocycles. The molecule has 1 amide bonds. The molecule has 0 aromatic heterocycles. The summed E-state index contributed by atoms with van der Waals surface area (Å²) in [6.45, 7) is 4.28. The van der Waals surface area contributed by atoms with Gasteiger partial charge < -0.3 is 20.3 Å². The number of nitrogens with one attached hydrogen (secondary N) is 1. The minimum atomic E-state index is -0.979. The number of amides is 1. The van der Waals surface area contributed by atoms with Crippen molar-refractivity contribution in [3.05, 3.63) is 0 Å². The van der Waals surface area contributed by atoms with Gasteiger partial charge in [0, 0.05) is 18.4 Å². The van der Waals surface area contributed by atoms with Crippen LogP contribution < -0.4 is 5.32 Å². The fraction of sp³-hybridized carbons (Fsp3) is 0.923. The van der Waals surface area contributed by atoms with Crippen molar-refractivity contribution >= 4 is 18.0 Å². The first kappa shape index (κ1) is 44.2. The van der Waals surface area contributed by atoms with Crippen molar-refractivity contribution in [1.82, 2.24) is 5.32 Å². The molecule has 0 aliphatic rings. The fourth-order valence-electron chi connectivity index (χ4n) is 6.23. The zero-order valence-corrected chi connectivity index (χ0v) is 30.4. The minimum absolute atomic E-state index is 0.143. The van der Waals surface area contributed by atoms with Gasteiger partial charge >= 0.3 is 18.0 Å². The zero-order valence-electron chi connectivity index (χ0n) is 30.4. The Labute approximate surface area is 283 Å². The molecule has 0 aliphatic heterocycles. The number of carbonyl (C=O) groups excluding carboxylic acids is 1. The summed E-state index contributed by atoms with van der Waals surface area (Å²) in [7, 11) is 0. The van der Waals surface area contributed by atoms with Crippen molar-refractivity contribution < 1.29 is 29.3 Å². The highest BCUT2D eigenvalue weighted by molar-refractivity contribution is 5.70. The second kappa shape index (κ2) is 33.1. The van der Waals surface area contributed by atoms with Crippen LogP contribution >= 0.6 is 0 Å². The number of carboxylic acids is 2. The highest BCUT2D eigenvalue weighted by atomic mass is 16.5. The van der Waals surface area contributed by atoms with E-state index < -0.39 is 23.6 Å². The van der Waals surface area contributed by atoms with Crippen LogP contribution in [0.1, 0.15) is 219 Å². The second-order valence-corrected chi connectivity index (χ2v) is 14.2. The van der Waals surface area contributed by atoms with Crippen LogP contribution in [0.4, 0.5) is 4.79 Å². The lowest BCUT2D eigenvalue weighted by atomic mass is 9.90. The van der Waals surface area contributed by atoms with E-state index >= 15 is 0 Å². The Morgan fingerprint density at radius 3 is 1.00 bits per heavy atom. The van der Waals surface area contributed by atoms with E-state index in [-0.39, 0.29) is 25.7 Å². The third-order valence-corrected chi connectivity index (χ3v) is 9.42. The Morgan fingerprint density at radius 1 is 0.478 bits per heavy atom. The van der Waals surface area contributed by atoms with Crippen LogP contribution in [-0.4, -0.2) is 40.4 Å². The molecule has 7 heteroatoms. The second-order valence-electron chi connectivity index (χ2n) is 14.2. The number of carbonyl (C=O) groups is 3. The Morgan fingerprint density at radius 2 is 0.739 bits per heavy atom. The molecule has 0 aromatic carbocycles. The van der Waals surface area contributed by atoms with Crippen molar-refractivity contribution in [2.45, 2.75) is 225 Å². The largest absolute Gasteiger partial charge is 0.481 e. The maximum Gasteiger partial charge on any atom is 0.407 e. The molecule has 46 heavy (non-hydrogen) atoms. The lowest BCUT2D eigenvalue weighted by Crippen LogP contribution is -2.47. The maximum atomic E-state index is 12.2. The van der Waals surface area contributed by atoms with E-state index in [0.717, 1.165) is 19.3 Å². The summed E-state index contributed by atoms with van der Waals surface area (Å²) in [5.74, 6) is -1.96. The van der Waals surface area contributed by atoms with Gasteiger partial charge in [-0.2, -0.15) is 0 Å². The third kappa shape index (κ3) is 33.6. The quantitative estimate of drug-likeness (QED) is 0.0580. The Hall–Kier alpha value is -1.79. The molecule has 0 radical (unpaired) electrons. The van der Waals surface area contributed by atoms with Gasteiger partial charge in [0.2, 0.25) is 0 Å². The number of aliphatic carboxylic acids is 2. The topological polar surface area (TPSA) is 113 Å². The minimum Gasteiger partial charge on any atom is -0.481 e. The van der Waals surface area contributed by atoms with Gasteiger partial charge in [-0.3, -0.25) is 9.59 Å². The number of carboxylic acid groups (broad SMARTS) is 2. The first-order chi connectivity index (χ1) is 22.3. The van der Waals surface area contributed by atoms with E-state index in [4.69, 9.17) is 14.9 Å². The number of hydrogen-bond acceptors (Lipinski definition) is 4. The van der Waals surface area contributed by atoms with E-state index in [1.54, 1.807) is 6.92 Å². The first-order valence-electron chi connectivity index (χ1n) is 19.7. The standard InChI is InChI=1S/C39H75NO6/c1-3-4-5-6-7-8-9-10-11-12-13-14-15-16-17-18-19-20-21-22-23-24-25-26-27-28-29-30-35-46-38(45)40-39(2,33-31-36(41)42)34-32-37(43)44/h3-35H2,1-2H3,(H,40,45)(H,41,42)(H,43,44). The molecule has 0 spiro atoms. The Balaban J connectivity index is 3.39. The van der Waals surface area contributed by atoms with Crippen LogP contribution in [-0.2, 0) is 14.3 Å². The first-order valence-corrected chi connectivity index (χ1v) is 19.7. The van der Waals surface area contributed by atoms with E-state index in [9.17, 15) is 14.4 Å². The number of rotatable bonds is 36. The monoisotopic (exact) mass is 654 g/mol. The van der Waals surface area contributed by atoms with E-state index in [0.29, 0.717) is 6.61 Å². The van der Waals surface area contributed by atoms with E-state index in [2.05, 4.69) is 12.2 Å². The maximum absolute atomic E-state index is 12.2. The van der Waals surface area contributed by atoms with E-state index in [1.165, 1.54) is 161 Å². The average Bonchev–Trinajstić information content (AvgIpc) is 3.02. The Bertz CT molecular complexity index is 695. The molecule has 0 rings (SSSR count). The van der Waals surface area contributed by atoms with Gasteiger partial charge in [0.1, 0.15) is 0 Å². The molecule has 0 saturated carbocycles. The fourth-order valence-corrected chi connectivity index (χ4v) is 6.23. The SMILES string of the molecule is CCCCCCCCCCCCCCCCCCCCCCCCCCCCCCOC(=O)NC(C)(CCC(=O)O)CCC(=O)O. The zero-order chi connectivity index (χ0) is 34.0. The van der Waals surface area contributed by atoms with Gasteiger partial charge in [0.05, 0.1) is 6.61 Å². The molecule has 0 aromatic rings. The van der Waals surface area contributed by atoms with Crippen LogP contribution in [0.2, 0.25) is 0 Å². The molecule has 7 nitrogen and oxygen atoms in total. The normalized spacial score (nSPS) is 11.5. The molecule has 0 heterocycles. The summed E-state index contributed by atoms with van der Waals surface area (Å²) in [5, 5.41) is 20.6. The van der Waals surface area contributed by atoms with Gasteiger partial charge in [0.15, 0.2) is 0 Å². The smallest absolute Gasteiger partial charge is 0.407 e. The summed E-state index contributed by atoms with van der Waals surface area (Å²) in [6, 6.07) is 0. The predicted molar refractivity (Wildman–Crippen MR) is 192 cm³/mol. The molecular weight excluding hydrogens is 578 g/mol. The number of hydrogen-bond donors (Lipinski definition) is 3. The van der Waals surface area contributed by atoms with Crippen LogP contribution in [0.5, 0.6) is 0 Å². The molecule has 0 bridgehead atoms. The molecule has 0 unspecified atom stereocenters. The average molecular weight is 654 g/mol. The predicted octanol–water partition coefficient (Wildman–Crippen LogP) is 12.1. The van der Waals surface area contributed by atoms with Crippen molar-refractivity contribution in [2.24, 2.45) is 0 Å².